The molecule has 1 aliphatic heterocycles. The van der Waals surface area contributed by atoms with E-state index in [1.807, 2.05) is 6.08 Å². The third-order valence-corrected chi connectivity index (χ3v) is 0.748. The number of hydrogen-bond acceptors (Lipinski definition) is 3. The SMILES string of the molecule is OCN1C=CCO1. The predicted molar refractivity (Wildman–Crippen MR) is 24.0 cm³/mol. The van der Waals surface area contributed by atoms with Crippen LogP contribution in [0.5, 0.6) is 0 Å². The normalized spacial score (nSPS) is 18.7. The highest BCUT2D eigenvalue weighted by atomic mass is 16.7. The molecule has 0 radical (unpaired) electrons. The van der Waals surface area contributed by atoms with Crippen molar-refractivity contribution in [3.05, 3.63) is 12.3 Å². The molecule has 0 fully saturated rings. The molecule has 0 amide bonds. The molecule has 0 atom stereocenters. The van der Waals surface area contributed by atoms with E-state index in [4.69, 9.17) is 9.94 Å². The Balaban J connectivity index is 2.28. The van der Waals surface area contributed by atoms with E-state index in [1.165, 1.54) is 5.06 Å². The largest absolute Gasteiger partial charge is 0.374 e. The zero-order valence-electron chi connectivity index (χ0n) is 3.87. The van der Waals surface area contributed by atoms with Crippen LogP contribution < -0.4 is 0 Å². The number of aliphatic hydroxyl groups is 1. The quantitative estimate of drug-likeness (QED) is 0.492. The van der Waals surface area contributed by atoms with Crippen molar-refractivity contribution in [2.45, 2.75) is 0 Å². The summed E-state index contributed by atoms with van der Waals surface area (Å²) in [5.74, 6) is 0. The van der Waals surface area contributed by atoms with Crippen LogP contribution in [0.3, 0.4) is 0 Å². The van der Waals surface area contributed by atoms with Crippen LogP contribution in [-0.4, -0.2) is 23.5 Å². The fourth-order valence-electron chi connectivity index (χ4n) is 0.430. The number of rotatable bonds is 1. The van der Waals surface area contributed by atoms with Gasteiger partial charge >= 0.3 is 0 Å². The molecular formula is C4H7NO2. The van der Waals surface area contributed by atoms with E-state index < -0.39 is 0 Å². The average molecular weight is 101 g/mol. The molecule has 1 aliphatic rings. The van der Waals surface area contributed by atoms with E-state index in [1.54, 1.807) is 6.20 Å². The highest BCUT2D eigenvalue weighted by Crippen LogP contribution is 1.96. The molecule has 3 heteroatoms. The first kappa shape index (κ1) is 4.61. The van der Waals surface area contributed by atoms with Crippen LogP contribution in [0.25, 0.3) is 0 Å². The van der Waals surface area contributed by atoms with Crippen molar-refractivity contribution in [3.8, 4) is 0 Å². The van der Waals surface area contributed by atoms with Gasteiger partial charge in [-0.25, -0.2) is 5.06 Å². The Labute approximate surface area is 41.8 Å². The maximum atomic E-state index is 8.32. The molecule has 0 aliphatic carbocycles. The Morgan fingerprint density at radius 3 is 3.00 bits per heavy atom. The van der Waals surface area contributed by atoms with E-state index >= 15 is 0 Å². The molecule has 0 aromatic heterocycles. The Hall–Kier alpha value is -0.540. The highest BCUT2D eigenvalue weighted by molar-refractivity contribution is 4.82. The summed E-state index contributed by atoms with van der Waals surface area (Å²) in [6, 6.07) is 0. The zero-order valence-corrected chi connectivity index (χ0v) is 3.87. The number of aliphatic hydroxyl groups excluding tert-OH is 1. The van der Waals surface area contributed by atoms with E-state index in [0.29, 0.717) is 6.61 Å². The summed E-state index contributed by atoms with van der Waals surface area (Å²) in [5.41, 5.74) is 0. The second kappa shape index (κ2) is 1.95. The van der Waals surface area contributed by atoms with Crippen molar-refractivity contribution in [2.75, 3.05) is 13.3 Å². The fraction of sp³-hybridized carbons (Fsp3) is 0.500. The molecule has 0 bridgehead atoms. The zero-order chi connectivity index (χ0) is 5.11. The summed E-state index contributed by atoms with van der Waals surface area (Å²) < 4.78 is 0. The van der Waals surface area contributed by atoms with Gasteiger partial charge in [0, 0.05) is 6.20 Å². The molecule has 0 spiro atoms. The second-order valence-corrected chi connectivity index (χ2v) is 1.24. The highest BCUT2D eigenvalue weighted by Gasteiger charge is 1.99. The van der Waals surface area contributed by atoms with Crippen LogP contribution in [-0.2, 0) is 4.84 Å². The van der Waals surface area contributed by atoms with Gasteiger partial charge in [-0.15, -0.1) is 0 Å². The molecule has 7 heavy (non-hydrogen) atoms. The molecule has 40 valence electrons. The summed E-state index contributed by atoms with van der Waals surface area (Å²) in [6.45, 7) is 0.525. The van der Waals surface area contributed by atoms with Crippen LogP contribution >= 0.6 is 0 Å². The molecule has 1 heterocycles. The van der Waals surface area contributed by atoms with Gasteiger partial charge in [0.05, 0.1) is 6.61 Å². The van der Waals surface area contributed by atoms with Gasteiger partial charge in [0.1, 0.15) is 6.73 Å². The summed E-state index contributed by atoms with van der Waals surface area (Å²) in [4.78, 5) is 4.77. The lowest BCUT2D eigenvalue weighted by Crippen LogP contribution is -2.13. The van der Waals surface area contributed by atoms with E-state index in [-0.39, 0.29) is 6.73 Å². The second-order valence-electron chi connectivity index (χ2n) is 1.24. The van der Waals surface area contributed by atoms with Crippen molar-refractivity contribution in [2.24, 2.45) is 0 Å². The van der Waals surface area contributed by atoms with Gasteiger partial charge in [-0.2, -0.15) is 0 Å². The van der Waals surface area contributed by atoms with Crippen LogP contribution in [0.4, 0.5) is 0 Å². The first-order chi connectivity index (χ1) is 3.43. The third-order valence-electron chi connectivity index (χ3n) is 0.748. The van der Waals surface area contributed by atoms with Crippen molar-refractivity contribution in [1.82, 2.24) is 5.06 Å². The monoisotopic (exact) mass is 101 g/mol. The lowest BCUT2D eigenvalue weighted by Gasteiger charge is -2.07. The number of hydroxylamine groups is 2. The first-order valence-corrected chi connectivity index (χ1v) is 2.10. The predicted octanol–water partition coefficient (Wildman–Crippen LogP) is -0.303. The maximum absolute atomic E-state index is 8.32. The molecule has 0 saturated heterocycles. The lowest BCUT2D eigenvalue weighted by molar-refractivity contribution is -0.134. The summed E-state index contributed by atoms with van der Waals surface area (Å²) in [5, 5.41) is 9.68. The summed E-state index contributed by atoms with van der Waals surface area (Å²) in [7, 11) is 0. The van der Waals surface area contributed by atoms with Gasteiger partial charge in [0.25, 0.3) is 0 Å². The number of hydrogen-bond donors (Lipinski definition) is 1. The van der Waals surface area contributed by atoms with Crippen molar-refractivity contribution in [1.29, 1.82) is 0 Å². The van der Waals surface area contributed by atoms with Crippen LogP contribution in [0, 0.1) is 0 Å². The minimum Gasteiger partial charge on any atom is -0.374 e. The van der Waals surface area contributed by atoms with Gasteiger partial charge in [0.15, 0.2) is 0 Å². The Morgan fingerprint density at radius 2 is 2.71 bits per heavy atom. The van der Waals surface area contributed by atoms with Crippen molar-refractivity contribution < 1.29 is 9.94 Å². The molecule has 3 nitrogen and oxygen atoms in total. The maximum Gasteiger partial charge on any atom is 0.139 e. The average Bonchev–Trinajstić information content (AvgIpc) is 2.14. The molecule has 0 saturated carbocycles. The third kappa shape index (κ3) is 0.913. The standard InChI is InChI=1S/C4H7NO2/c6-4-5-2-1-3-7-5/h1-2,6H,3-4H2. The Kier molecular flexibility index (Phi) is 1.29. The van der Waals surface area contributed by atoms with E-state index in [9.17, 15) is 0 Å². The Morgan fingerprint density at radius 1 is 1.86 bits per heavy atom. The summed E-state index contributed by atoms with van der Waals surface area (Å²) in [6.07, 6.45) is 3.52. The minimum absolute atomic E-state index is 0.0590. The van der Waals surface area contributed by atoms with Gasteiger partial charge in [-0.3, -0.25) is 4.84 Å². The van der Waals surface area contributed by atoms with Gasteiger partial charge < -0.3 is 5.11 Å². The number of nitrogens with zero attached hydrogens (tertiary/aromatic N) is 1. The molecular weight excluding hydrogens is 94.0 g/mol. The van der Waals surface area contributed by atoms with E-state index in [2.05, 4.69) is 0 Å². The van der Waals surface area contributed by atoms with Gasteiger partial charge in [0.2, 0.25) is 0 Å². The van der Waals surface area contributed by atoms with Crippen LogP contribution in [0.2, 0.25) is 0 Å². The van der Waals surface area contributed by atoms with Crippen LogP contribution in [0.15, 0.2) is 12.3 Å². The fourth-order valence-corrected chi connectivity index (χ4v) is 0.430. The topological polar surface area (TPSA) is 32.7 Å². The van der Waals surface area contributed by atoms with Gasteiger partial charge in [-0.05, 0) is 6.08 Å². The summed E-state index contributed by atoms with van der Waals surface area (Å²) >= 11 is 0. The molecule has 1 N–H and O–H groups in total. The smallest absolute Gasteiger partial charge is 0.139 e. The molecule has 0 unspecified atom stereocenters. The first-order valence-electron chi connectivity index (χ1n) is 2.10. The van der Waals surface area contributed by atoms with E-state index in [0.717, 1.165) is 0 Å². The Bertz CT molecular complexity index is 81.8. The lowest BCUT2D eigenvalue weighted by atomic mass is 10.7. The molecule has 0 aromatic carbocycles. The molecule has 0 aromatic rings. The van der Waals surface area contributed by atoms with Crippen molar-refractivity contribution in [3.63, 3.8) is 0 Å². The van der Waals surface area contributed by atoms with Gasteiger partial charge in [-0.1, -0.05) is 0 Å². The van der Waals surface area contributed by atoms with Crippen molar-refractivity contribution >= 4 is 0 Å². The molecule has 1 rings (SSSR count). The van der Waals surface area contributed by atoms with Crippen LogP contribution in [0.1, 0.15) is 0 Å². The minimum atomic E-state index is -0.0590.